The van der Waals surface area contributed by atoms with Crippen molar-refractivity contribution in [1.29, 1.82) is 0 Å². The number of rotatable bonds is 10. The Morgan fingerprint density at radius 2 is 1.12 bits per heavy atom. The first-order valence-corrected chi connectivity index (χ1v) is 12.6. The van der Waals surface area contributed by atoms with E-state index in [4.69, 9.17) is 9.47 Å². The van der Waals surface area contributed by atoms with Gasteiger partial charge in [0.2, 0.25) is 7.29 Å². The van der Waals surface area contributed by atoms with Gasteiger partial charge in [-0.3, -0.25) is 19.2 Å². The van der Waals surface area contributed by atoms with Crippen LogP contribution in [0.5, 0.6) is 0 Å². The summed E-state index contributed by atoms with van der Waals surface area (Å²) in [4.78, 5) is 26.0. The topological polar surface area (TPSA) is 81.7 Å². The zero-order chi connectivity index (χ0) is 23.7. The van der Waals surface area contributed by atoms with Gasteiger partial charge in [0.25, 0.3) is 0 Å². The molecule has 1 atom stereocenters. The normalized spacial score (nSPS) is 12.2. The zero-order valence-electron chi connectivity index (χ0n) is 18.7. The van der Waals surface area contributed by atoms with Crippen molar-refractivity contribution in [3.05, 3.63) is 96.6 Å². The van der Waals surface area contributed by atoms with Crippen molar-refractivity contribution in [2.24, 2.45) is 5.92 Å². The minimum Gasteiger partial charge on any atom is -0.465 e. The maximum atomic E-state index is 14.7. The molecule has 6 nitrogen and oxygen atoms in total. The van der Waals surface area contributed by atoms with Gasteiger partial charge >= 0.3 is 11.9 Å². The number of ether oxygens (including phenoxy) is 2. The van der Waals surface area contributed by atoms with Gasteiger partial charge in [0.05, 0.1) is 19.3 Å². The summed E-state index contributed by atoms with van der Waals surface area (Å²) < 4.78 is 25.1. The zero-order valence-corrected chi connectivity index (χ0v) is 19.6. The molecule has 1 N–H and O–H groups in total. The molecule has 0 saturated heterocycles. The van der Waals surface area contributed by atoms with Crippen LogP contribution in [0.1, 0.15) is 25.5 Å². The molecular weight excluding hydrogens is 437 g/mol. The molecule has 0 heterocycles. The molecule has 0 saturated carbocycles. The lowest BCUT2D eigenvalue weighted by atomic mass is 9.94. The van der Waals surface area contributed by atoms with Crippen molar-refractivity contribution in [1.82, 2.24) is 5.09 Å². The first-order valence-electron chi connectivity index (χ1n) is 10.9. The smallest absolute Gasteiger partial charge is 0.322 e. The van der Waals surface area contributed by atoms with Crippen molar-refractivity contribution < 1.29 is 23.6 Å². The quantitative estimate of drug-likeness (QED) is 0.277. The van der Waals surface area contributed by atoms with Gasteiger partial charge in [0.1, 0.15) is 0 Å². The number of carbonyl (C=O) groups is 2. The second kappa shape index (κ2) is 11.6. The summed E-state index contributed by atoms with van der Waals surface area (Å²) in [5, 5.41) is 4.33. The number of hydrogen-bond acceptors (Lipinski definition) is 5. The van der Waals surface area contributed by atoms with Gasteiger partial charge in [-0.25, -0.2) is 0 Å². The number of nitrogens with one attached hydrogen (secondary N) is 1. The third-order valence-corrected chi connectivity index (χ3v) is 7.83. The SMILES string of the molecule is CCOC(=O)C(C(=O)OCC)[C@H](NP(=O)(c1ccccc1)c1ccccc1)c1ccccc1. The standard InChI is InChI=1S/C26H28NO5P/c1-3-31-25(28)23(26(29)32-4-2)24(20-14-8-5-9-15-20)27-33(30,21-16-10-6-11-17-21)22-18-12-7-13-19-22/h5-19,23-24H,3-4H2,1-2H3,(H,27,30)/t24-/m1/s1. The molecule has 0 amide bonds. The van der Waals surface area contributed by atoms with Crippen LogP contribution < -0.4 is 15.7 Å². The molecule has 0 aliphatic rings. The predicted molar refractivity (Wildman–Crippen MR) is 129 cm³/mol. The fraction of sp³-hybridized carbons (Fsp3) is 0.231. The van der Waals surface area contributed by atoms with E-state index in [0.717, 1.165) is 0 Å². The third kappa shape index (κ3) is 5.78. The van der Waals surface area contributed by atoms with Crippen LogP contribution >= 0.6 is 7.29 Å². The van der Waals surface area contributed by atoms with E-state index in [9.17, 15) is 14.2 Å². The summed E-state index contributed by atoms with van der Waals surface area (Å²) in [6, 6.07) is 26.0. The molecule has 172 valence electrons. The number of hydrogen-bond donors (Lipinski definition) is 1. The van der Waals surface area contributed by atoms with E-state index in [0.29, 0.717) is 16.2 Å². The monoisotopic (exact) mass is 465 g/mol. The van der Waals surface area contributed by atoms with Crippen LogP contribution in [0.2, 0.25) is 0 Å². The number of esters is 2. The summed E-state index contributed by atoms with van der Waals surface area (Å²) in [5.74, 6) is -2.80. The van der Waals surface area contributed by atoms with E-state index in [1.54, 1.807) is 86.6 Å². The maximum Gasteiger partial charge on any atom is 0.322 e. The summed E-state index contributed by atoms with van der Waals surface area (Å²) >= 11 is 0. The maximum absolute atomic E-state index is 14.7. The van der Waals surface area contributed by atoms with Crippen molar-refractivity contribution >= 4 is 29.8 Å². The fourth-order valence-electron chi connectivity index (χ4n) is 3.60. The average Bonchev–Trinajstić information content (AvgIpc) is 2.85. The first kappa shape index (κ1) is 24.4. The average molecular weight is 465 g/mol. The Bertz CT molecular complexity index is 1030. The van der Waals surface area contributed by atoms with Crippen LogP contribution in [0.25, 0.3) is 0 Å². The Kier molecular flexibility index (Phi) is 8.58. The molecule has 0 bridgehead atoms. The Labute approximate surface area is 194 Å². The Balaban J connectivity index is 2.17. The molecule has 0 unspecified atom stereocenters. The van der Waals surface area contributed by atoms with Crippen molar-refractivity contribution in [2.75, 3.05) is 13.2 Å². The predicted octanol–water partition coefficient (Wildman–Crippen LogP) is 3.99. The Morgan fingerprint density at radius 3 is 1.52 bits per heavy atom. The first-order chi connectivity index (χ1) is 16.0. The van der Waals surface area contributed by atoms with Gasteiger partial charge < -0.3 is 9.47 Å². The summed E-state index contributed by atoms with van der Waals surface area (Å²) in [6.45, 7) is 3.55. The Morgan fingerprint density at radius 1 is 0.727 bits per heavy atom. The van der Waals surface area contributed by atoms with E-state index < -0.39 is 31.2 Å². The highest BCUT2D eigenvalue weighted by atomic mass is 31.2. The number of carbonyl (C=O) groups excluding carboxylic acids is 2. The molecule has 0 spiro atoms. The van der Waals surface area contributed by atoms with Crippen LogP contribution in [0.15, 0.2) is 91.0 Å². The number of benzene rings is 3. The van der Waals surface area contributed by atoms with E-state index in [1.807, 2.05) is 18.2 Å². The highest BCUT2D eigenvalue weighted by Gasteiger charge is 2.42. The van der Waals surface area contributed by atoms with E-state index in [2.05, 4.69) is 5.09 Å². The highest BCUT2D eigenvalue weighted by Crippen LogP contribution is 2.44. The largest absolute Gasteiger partial charge is 0.465 e. The van der Waals surface area contributed by atoms with E-state index in [-0.39, 0.29) is 13.2 Å². The lowest BCUT2D eigenvalue weighted by molar-refractivity contribution is -0.163. The van der Waals surface area contributed by atoms with E-state index in [1.165, 1.54) is 0 Å². The summed E-state index contributed by atoms with van der Waals surface area (Å²) in [7, 11) is -3.48. The fourth-order valence-corrected chi connectivity index (χ4v) is 6.07. The van der Waals surface area contributed by atoms with Gasteiger partial charge in [-0.15, -0.1) is 0 Å². The molecule has 3 aromatic rings. The van der Waals surface area contributed by atoms with Gasteiger partial charge in [-0.05, 0) is 43.7 Å². The highest BCUT2D eigenvalue weighted by molar-refractivity contribution is 7.76. The molecule has 3 aromatic carbocycles. The van der Waals surface area contributed by atoms with Crippen LogP contribution in [-0.4, -0.2) is 25.2 Å². The molecular formula is C26H28NO5P. The third-order valence-electron chi connectivity index (χ3n) is 5.13. The molecule has 0 fully saturated rings. The lowest BCUT2D eigenvalue weighted by Gasteiger charge is -2.30. The molecule has 0 aromatic heterocycles. The summed E-state index contributed by atoms with van der Waals surface area (Å²) in [5.41, 5.74) is 0.621. The summed E-state index contributed by atoms with van der Waals surface area (Å²) in [6.07, 6.45) is 0. The van der Waals surface area contributed by atoms with Gasteiger partial charge in [-0.1, -0.05) is 66.7 Å². The van der Waals surface area contributed by atoms with Crippen LogP contribution in [0.4, 0.5) is 0 Å². The second-order valence-electron chi connectivity index (χ2n) is 7.28. The lowest BCUT2D eigenvalue weighted by Crippen LogP contribution is -2.41. The second-order valence-corrected chi connectivity index (χ2v) is 9.79. The van der Waals surface area contributed by atoms with Gasteiger partial charge in [0.15, 0.2) is 5.92 Å². The van der Waals surface area contributed by atoms with Crippen LogP contribution in [0.3, 0.4) is 0 Å². The van der Waals surface area contributed by atoms with Crippen molar-refractivity contribution in [2.45, 2.75) is 19.9 Å². The minimum atomic E-state index is -3.48. The molecule has 0 aliphatic carbocycles. The minimum absolute atomic E-state index is 0.102. The molecule has 0 radical (unpaired) electrons. The Hall–Kier alpha value is -3.21. The van der Waals surface area contributed by atoms with E-state index >= 15 is 0 Å². The van der Waals surface area contributed by atoms with Crippen molar-refractivity contribution in [3.8, 4) is 0 Å². The molecule has 3 rings (SSSR count). The molecule has 7 heteroatoms. The molecule has 0 aliphatic heterocycles. The van der Waals surface area contributed by atoms with Crippen molar-refractivity contribution in [3.63, 3.8) is 0 Å². The van der Waals surface area contributed by atoms with Crippen LogP contribution in [0, 0.1) is 5.92 Å². The van der Waals surface area contributed by atoms with Crippen LogP contribution in [-0.2, 0) is 23.6 Å². The van der Waals surface area contributed by atoms with Gasteiger partial charge in [0, 0.05) is 10.6 Å². The van der Waals surface area contributed by atoms with Gasteiger partial charge in [-0.2, -0.15) is 0 Å². The molecule has 33 heavy (non-hydrogen) atoms.